The molecular weight excluding hydrogens is 705 g/mol. The summed E-state index contributed by atoms with van der Waals surface area (Å²) >= 11 is 0. The molecule has 0 aliphatic rings. The van der Waals surface area contributed by atoms with Crippen LogP contribution in [-0.2, 0) is 0 Å². The number of fused-ring (bicyclic) bond motifs is 14. The highest BCUT2D eigenvalue weighted by Gasteiger charge is 2.24. The van der Waals surface area contributed by atoms with Gasteiger partial charge in [-0.3, -0.25) is 0 Å². The first-order valence-electron chi connectivity index (χ1n) is 20.0. The van der Waals surface area contributed by atoms with Crippen molar-refractivity contribution < 1.29 is 0 Å². The van der Waals surface area contributed by atoms with E-state index in [2.05, 4.69) is 225 Å². The molecule has 0 amide bonds. The van der Waals surface area contributed by atoms with Crippen molar-refractivity contribution in [2.75, 3.05) is 0 Å². The van der Waals surface area contributed by atoms with E-state index in [9.17, 15) is 0 Å². The van der Waals surface area contributed by atoms with E-state index >= 15 is 0 Å². The number of rotatable bonds is 4. The van der Waals surface area contributed by atoms with Crippen LogP contribution in [0.4, 0.5) is 0 Å². The first-order valence-corrected chi connectivity index (χ1v) is 20.0. The second-order valence-corrected chi connectivity index (χ2v) is 15.3. The standard InChI is InChI=1S/C54H34N4/c1-3-16-35(17-4-1)55-47-26-11-7-22-39(47)43-30-32-45-41-24-9-13-28-49(41)57(53(45)51(43)55)37-20-15-21-38(34-37)58-50-29-14-10-25-42(50)46-33-31-44-40-23-8-12-27-48(40)56(52(44)54(46)58)36-18-5-2-6-19-36/h1-34H. The quantitative estimate of drug-likeness (QED) is 0.171. The Morgan fingerprint density at radius 2 is 0.448 bits per heavy atom. The molecular formula is C54H34N4. The minimum Gasteiger partial charge on any atom is -0.307 e. The topological polar surface area (TPSA) is 19.7 Å². The summed E-state index contributed by atoms with van der Waals surface area (Å²) in [6.07, 6.45) is 0. The molecule has 0 aliphatic heterocycles. The molecule has 0 saturated heterocycles. The van der Waals surface area contributed by atoms with Gasteiger partial charge >= 0.3 is 0 Å². The Morgan fingerprint density at radius 3 is 0.776 bits per heavy atom. The van der Waals surface area contributed by atoms with Crippen LogP contribution in [0.1, 0.15) is 0 Å². The number of hydrogen-bond donors (Lipinski definition) is 0. The highest BCUT2D eigenvalue weighted by atomic mass is 15.1. The molecule has 0 radical (unpaired) electrons. The molecule has 58 heavy (non-hydrogen) atoms. The third-order valence-corrected chi connectivity index (χ3v) is 12.3. The third-order valence-electron chi connectivity index (χ3n) is 12.3. The van der Waals surface area contributed by atoms with Gasteiger partial charge in [-0.25, -0.2) is 0 Å². The van der Waals surface area contributed by atoms with Gasteiger partial charge in [-0.2, -0.15) is 0 Å². The molecule has 0 fully saturated rings. The Morgan fingerprint density at radius 1 is 0.190 bits per heavy atom. The minimum absolute atomic E-state index is 1.11. The number of benzene rings is 9. The normalized spacial score (nSPS) is 12.1. The molecule has 13 aromatic rings. The van der Waals surface area contributed by atoms with Crippen molar-refractivity contribution in [3.05, 3.63) is 206 Å². The van der Waals surface area contributed by atoms with E-state index in [1.54, 1.807) is 0 Å². The van der Waals surface area contributed by atoms with Crippen molar-refractivity contribution in [2.24, 2.45) is 0 Å². The first-order chi connectivity index (χ1) is 28.8. The van der Waals surface area contributed by atoms with Crippen molar-refractivity contribution in [1.82, 2.24) is 18.3 Å². The lowest BCUT2D eigenvalue weighted by Gasteiger charge is -2.15. The van der Waals surface area contributed by atoms with Gasteiger partial charge in [-0.05, 0) is 66.7 Å². The summed E-state index contributed by atoms with van der Waals surface area (Å²) in [7, 11) is 0. The van der Waals surface area contributed by atoms with Gasteiger partial charge in [-0.1, -0.05) is 140 Å². The van der Waals surface area contributed by atoms with Crippen LogP contribution in [0.2, 0.25) is 0 Å². The van der Waals surface area contributed by atoms with Crippen molar-refractivity contribution in [3.8, 4) is 22.7 Å². The Balaban J connectivity index is 1.17. The molecule has 0 atom stereocenters. The average Bonchev–Trinajstić information content (AvgIpc) is 4.02. The highest BCUT2D eigenvalue weighted by molar-refractivity contribution is 6.25. The van der Waals surface area contributed by atoms with E-state index in [0.29, 0.717) is 0 Å². The molecule has 13 rings (SSSR count). The average molecular weight is 739 g/mol. The van der Waals surface area contributed by atoms with E-state index in [1.165, 1.54) is 87.2 Å². The van der Waals surface area contributed by atoms with Gasteiger partial charge in [0.2, 0.25) is 0 Å². The fourth-order valence-corrected chi connectivity index (χ4v) is 10.00. The van der Waals surface area contributed by atoms with E-state index < -0.39 is 0 Å². The van der Waals surface area contributed by atoms with Gasteiger partial charge in [0, 0.05) is 65.8 Å². The molecule has 0 spiro atoms. The largest absolute Gasteiger partial charge is 0.307 e. The van der Waals surface area contributed by atoms with Crippen molar-refractivity contribution in [2.45, 2.75) is 0 Å². The zero-order valence-corrected chi connectivity index (χ0v) is 31.4. The molecule has 0 saturated carbocycles. The molecule has 0 bridgehead atoms. The lowest BCUT2D eigenvalue weighted by molar-refractivity contribution is 1.12. The molecule has 4 aromatic heterocycles. The van der Waals surface area contributed by atoms with E-state index in [0.717, 1.165) is 22.7 Å². The lowest BCUT2D eigenvalue weighted by atomic mass is 10.1. The summed E-state index contributed by atoms with van der Waals surface area (Å²) < 4.78 is 9.91. The highest BCUT2D eigenvalue weighted by Crippen LogP contribution is 2.44. The second kappa shape index (κ2) is 11.8. The van der Waals surface area contributed by atoms with E-state index in [1.807, 2.05) is 0 Å². The maximum Gasteiger partial charge on any atom is 0.0788 e. The Bertz CT molecular complexity index is 3540. The molecule has 9 aromatic carbocycles. The zero-order valence-electron chi connectivity index (χ0n) is 31.4. The predicted molar refractivity (Wildman–Crippen MR) is 244 cm³/mol. The Kier molecular flexibility index (Phi) is 6.41. The second-order valence-electron chi connectivity index (χ2n) is 15.3. The summed E-state index contributed by atoms with van der Waals surface area (Å²) in [6, 6.07) is 75.4. The molecule has 0 aliphatic carbocycles. The smallest absolute Gasteiger partial charge is 0.0788 e. The SMILES string of the molecule is c1ccc(-n2c3ccccc3c3ccc4c5ccccc5n(-c5cccc(-n6c7ccccc7c7ccc8c9ccccc9n(-c9ccccc9)c8c76)c5)c4c32)cc1. The Labute approximate surface area is 333 Å². The fourth-order valence-electron chi connectivity index (χ4n) is 10.00. The summed E-state index contributed by atoms with van der Waals surface area (Å²) in [5, 5.41) is 9.92. The van der Waals surface area contributed by atoms with Crippen LogP contribution in [0.15, 0.2) is 206 Å². The van der Waals surface area contributed by atoms with Crippen LogP contribution in [0, 0.1) is 0 Å². The summed E-state index contributed by atoms with van der Waals surface area (Å²) in [5.41, 5.74) is 14.1. The van der Waals surface area contributed by atoms with Gasteiger partial charge in [0.05, 0.1) is 44.1 Å². The van der Waals surface area contributed by atoms with Crippen LogP contribution >= 0.6 is 0 Å². The van der Waals surface area contributed by atoms with Crippen molar-refractivity contribution >= 4 is 87.2 Å². The fraction of sp³-hybridized carbons (Fsp3) is 0. The molecule has 4 heteroatoms. The minimum atomic E-state index is 1.11. The molecule has 4 heterocycles. The zero-order chi connectivity index (χ0) is 37.9. The van der Waals surface area contributed by atoms with Crippen molar-refractivity contribution in [3.63, 3.8) is 0 Å². The third kappa shape index (κ3) is 4.18. The van der Waals surface area contributed by atoms with Gasteiger partial charge < -0.3 is 18.3 Å². The van der Waals surface area contributed by atoms with Crippen LogP contribution in [-0.4, -0.2) is 18.3 Å². The maximum absolute atomic E-state index is 2.50. The Hall–Kier alpha value is -7.82. The summed E-state index contributed by atoms with van der Waals surface area (Å²) in [4.78, 5) is 0. The number of aromatic nitrogens is 4. The van der Waals surface area contributed by atoms with Gasteiger partial charge in [0.15, 0.2) is 0 Å². The van der Waals surface area contributed by atoms with Crippen LogP contribution < -0.4 is 0 Å². The van der Waals surface area contributed by atoms with E-state index in [-0.39, 0.29) is 0 Å². The van der Waals surface area contributed by atoms with Gasteiger partial charge in [-0.15, -0.1) is 0 Å². The monoisotopic (exact) mass is 738 g/mol. The number of para-hydroxylation sites is 6. The van der Waals surface area contributed by atoms with Gasteiger partial charge in [0.25, 0.3) is 0 Å². The van der Waals surface area contributed by atoms with Crippen LogP contribution in [0.3, 0.4) is 0 Å². The molecule has 0 unspecified atom stereocenters. The van der Waals surface area contributed by atoms with Crippen LogP contribution in [0.25, 0.3) is 110 Å². The number of hydrogen-bond acceptors (Lipinski definition) is 0. The predicted octanol–water partition coefficient (Wildman–Crippen LogP) is 14.1. The van der Waals surface area contributed by atoms with Crippen LogP contribution in [0.5, 0.6) is 0 Å². The van der Waals surface area contributed by atoms with Crippen molar-refractivity contribution in [1.29, 1.82) is 0 Å². The summed E-state index contributed by atoms with van der Waals surface area (Å²) in [5.74, 6) is 0. The first kappa shape index (κ1) is 31.4. The molecule has 4 nitrogen and oxygen atoms in total. The van der Waals surface area contributed by atoms with Gasteiger partial charge in [0.1, 0.15) is 0 Å². The summed E-state index contributed by atoms with van der Waals surface area (Å²) in [6.45, 7) is 0. The molecule has 270 valence electrons. The molecule has 0 N–H and O–H groups in total. The van der Waals surface area contributed by atoms with E-state index in [4.69, 9.17) is 0 Å². The lowest BCUT2D eigenvalue weighted by Crippen LogP contribution is -2.01. The maximum atomic E-state index is 2.50. The number of nitrogens with zero attached hydrogens (tertiary/aromatic N) is 4.